The van der Waals surface area contributed by atoms with E-state index in [-0.39, 0.29) is 30.4 Å². The molecule has 0 aliphatic carbocycles. The van der Waals surface area contributed by atoms with Crippen molar-refractivity contribution in [3.05, 3.63) is 84.3 Å². The lowest BCUT2D eigenvalue weighted by atomic mass is 10.1. The molecule has 0 spiro atoms. The van der Waals surface area contributed by atoms with Gasteiger partial charge in [0.15, 0.2) is 0 Å². The summed E-state index contributed by atoms with van der Waals surface area (Å²) in [6.45, 7) is 2.62. The number of ether oxygens (including phenoxy) is 1. The fourth-order valence-corrected chi connectivity index (χ4v) is 4.95. The fourth-order valence-electron chi connectivity index (χ4n) is 3.47. The second kappa shape index (κ2) is 11.7. The minimum Gasteiger partial charge on any atom is -0.497 e. The number of methoxy groups -OCH3 is 1. The van der Waals surface area contributed by atoms with E-state index in [1.807, 2.05) is 37.3 Å². The van der Waals surface area contributed by atoms with Crippen molar-refractivity contribution in [3.63, 3.8) is 0 Å². The Morgan fingerprint density at radius 2 is 1.70 bits per heavy atom. The third-order valence-corrected chi connectivity index (χ3v) is 7.13. The first-order valence-electron chi connectivity index (χ1n) is 10.9. The van der Waals surface area contributed by atoms with Crippen LogP contribution in [0.5, 0.6) is 5.75 Å². The van der Waals surface area contributed by atoms with E-state index < -0.39 is 10.0 Å². The van der Waals surface area contributed by atoms with Crippen molar-refractivity contribution in [2.45, 2.75) is 31.2 Å². The Labute approximate surface area is 195 Å². The average molecular weight is 471 g/mol. The molecule has 2 aromatic carbocycles. The lowest BCUT2D eigenvalue weighted by Crippen LogP contribution is -2.43. The SMILES string of the molecule is CCCN(CC(=O)N(CCc1ccccc1)Cc1ccco1)S(=O)(=O)c1ccc(OC)cc1. The van der Waals surface area contributed by atoms with E-state index in [1.54, 1.807) is 35.4 Å². The summed E-state index contributed by atoms with van der Waals surface area (Å²) >= 11 is 0. The van der Waals surface area contributed by atoms with Crippen molar-refractivity contribution in [2.24, 2.45) is 0 Å². The summed E-state index contributed by atoms with van der Waals surface area (Å²) in [5, 5.41) is 0. The smallest absolute Gasteiger partial charge is 0.243 e. The fraction of sp³-hybridized carbons (Fsp3) is 0.320. The van der Waals surface area contributed by atoms with Gasteiger partial charge in [-0.3, -0.25) is 4.79 Å². The number of nitrogens with zero attached hydrogens (tertiary/aromatic N) is 2. The van der Waals surface area contributed by atoms with E-state index in [4.69, 9.17) is 9.15 Å². The van der Waals surface area contributed by atoms with E-state index in [0.717, 1.165) is 5.56 Å². The van der Waals surface area contributed by atoms with E-state index in [9.17, 15) is 13.2 Å². The van der Waals surface area contributed by atoms with Gasteiger partial charge < -0.3 is 14.1 Å². The molecule has 33 heavy (non-hydrogen) atoms. The maximum atomic E-state index is 13.3. The van der Waals surface area contributed by atoms with Crippen molar-refractivity contribution in [3.8, 4) is 5.75 Å². The Morgan fingerprint density at radius 1 is 0.970 bits per heavy atom. The lowest BCUT2D eigenvalue weighted by Gasteiger charge is -2.27. The van der Waals surface area contributed by atoms with Crippen LogP contribution in [0.25, 0.3) is 0 Å². The van der Waals surface area contributed by atoms with Gasteiger partial charge in [-0.05, 0) is 54.8 Å². The van der Waals surface area contributed by atoms with Crippen molar-refractivity contribution >= 4 is 15.9 Å². The van der Waals surface area contributed by atoms with Crippen LogP contribution < -0.4 is 4.74 Å². The number of rotatable bonds is 12. The van der Waals surface area contributed by atoms with Gasteiger partial charge in [-0.25, -0.2) is 8.42 Å². The van der Waals surface area contributed by atoms with Crippen LogP contribution in [0.4, 0.5) is 0 Å². The second-order valence-corrected chi connectivity index (χ2v) is 9.58. The molecule has 0 atom stereocenters. The van der Waals surface area contributed by atoms with Crippen LogP contribution in [0.15, 0.2) is 82.3 Å². The molecule has 0 saturated heterocycles. The van der Waals surface area contributed by atoms with E-state index in [0.29, 0.717) is 30.9 Å². The number of amides is 1. The molecule has 1 amide bonds. The molecule has 0 unspecified atom stereocenters. The van der Waals surface area contributed by atoms with Crippen LogP contribution in [-0.4, -0.2) is 50.3 Å². The van der Waals surface area contributed by atoms with Crippen LogP contribution in [0.1, 0.15) is 24.7 Å². The van der Waals surface area contributed by atoms with Gasteiger partial charge in [0.2, 0.25) is 15.9 Å². The van der Waals surface area contributed by atoms with Gasteiger partial charge in [0.25, 0.3) is 0 Å². The van der Waals surface area contributed by atoms with Crippen molar-refractivity contribution in [1.82, 2.24) is 9.21 Å². The summed E-state index contributed by atoms with van der Waals surface area (Å²) in [7, 11) is -2.32. The number of carbonyl (C=O) groups excluding carboxylic acids is 1. The highest BCUT2D eigenvalue weighted by Crippen LogP contribution is 2.20. The molecule has 176 valence electrons. The Balaban J connectivity index is 1.78. The first-order valence-corrected chi connectivity index (χ1v) is 12.4. The minimum atomic E-state index is -3.84. The third kappa shape index (κ3) is 6.69. The zero-order valence-electron chi connectivity index (χ0n) is 19.0. The Bertz CT molecular complexity index is 1100. The average Bonchev–Trinajstić information content (AvgIpc) is 3.35. The standard InChI is InChI=1S/C25H30N2O5S/c1-3-16-27(33(29,30)24-13-11-22(31-2)12-14-24)20-25(28)26(19-23-10-7-18-32-23)17-15-21-8-5-4-6-9-21/h4-14,18H,3,15-17,19-20H2,1-2H3. The summed E-state index contributed by atoms with van der Waals surface area (Å²) in [6, 6.07) is 19.6. The first kappa shape index (κ1) is 24.5. The van der Waals surface area contributed by atoms with Crippen LogP contribution in [0, 0.1) is 0 Å². The molecule has 0 saturated carbocycles. The van der Waals surface area contributed by atoms with E-state index >= 15 is 0 Å². The third-order valence-electron chi connectivity index (χ3n) is 5.27. The molecule has 0 radical (unpaired) electrons. The minimum absolute atomic E-state index is 0.131. The maximum Gasteiger partial charge on any atom is 0.243 e. The topological polar surface area (TPSA) is 80.1 Å². The van der Waals surface area contributed by atoms with Gasteiger partial charge in [-0.2, -0.15) is 4.31 Å². The number of hydrogen-bond acceptors (Lipinski definition) is 5. The summed E-state index contributed by atoms with van der Waals surface area (Å²) in [6.07, 6.45) is 2.81. The van der Waals surface area contributed by atoms with Crippen molar-refractivity contribution in [2.75, 3.05) is 26.7 Å². The highest BCUT2D eigenvalue weighted by atomic mass is 32.2. The molecule has 0 bridgehead atoms. The molecule has 1 heterocycles. The number of hydrogen-bond donors (Lipinski definition) is 0. The zero-order valence-corrected chi connectivity index (χ0v) is 19.8. The molecule has 0 aliphatic rings. The van der Waals surface area contributed by atoms with Gasteiger partial charge in [0.1, 0.15) is 11.5 Å². The number of furan rings is 1. The van der Waals surface area contributed by atoms with Gasteiger partial charge in [0.05, 0.1) is 31.4 Å². The largest absolute Gasteiger partial charge is 0.497 e. The molecule has 3 aromatic rings. The quantitative estimate of drug-likeness (QED) is 0.400. The Morgan fingerprint density at radius 3 is 2.30 bits per heavy atom. The van der Waals surface area contributed by atoms with E-state index in [2.05, 4.69) is 0 Å². The predicted molar refractivity (Wildman–Crippen MR) is 126 cm³/mol. The molecular formula is C25H30N2O5S. The maximum absolute atomic E-state index is 13.3. The summed E-state index contributed by atoms with van der Waals surface area (Å²) in [4.78, 5) is 15.1. The predicted octanol–water partition coefficient (Wildman–Crippen LogP) is 3.96. The number of benzene rings is 2. The van der Waals surface area contributed by atoms with Gasteiger partial charge >= 0.3 is 0 Å². The molecule has 8 heteroatoms. The van der Waals surface area contributed by atoms with Crippen molar-refractivity contribution in [1.29, 1.82) is 0 Å². The molecule has 1 aromatic heterocycles. The van der Waals surface area contributed by atoms with Crippen LogP contribution in [0.3, 0.4) is 0 Å². The number of carbonyl (C=O) groups is 1. The highest BCUT2D eigenvalue weighted by Gasteiger charge is 2.28. The Hall–Kier alpha value is -3.10. The zero-order chi connectivity index (χ0) is 23.7. The normalized spacial score (nSPS) is 11.5. The highest BCUT2D eigenvalue weighted by molar-refractivity contribution is 7.89. The molecule has 0 N–H and O–H groups in total. The molecular weight excluding hydrogens is 440 g/mol. The second-order valence-electron chi connectivity index (χ2n) is 7.64. The lowest BCUT2D eigenvalue weighted by molar-refractivity contribution is -0.132. The Kier molecular flexibility index (Phi) is 8.68. The molecule has 0 aliphatic heterocycles. The van der Waals surface area contributed by atoms with Crippen LogP contribution >= 0.6 is 0 Å². The molecule has 7 nitrogen and oxygen atoms in total. The summed E-state index contributed by atoms with van der Waals surface area (Å²) in [5.74, 6) is 0.946. The van der Waals surface area contributed by atoms with Crippen LogP contribution in [-0.2, 0) is 27.8 Å². The molecule has 0 fully saturated rings. The van der Waals surface area contributed by atoms with Gasteiger partial charge in [-0.15, -0.1) is 0 Å². The summed E-state index contributed by atoms with van der Waals surface area (Å²) in [5.41, 5.74) is 1.10. The van der Waals surface area contributed by atoms with Crippen LogP contribution in [0.2, 0.25) is 0 Å². The van der Waals surface area contributed by atoms with Crippen molar-refractivity contribution < 1.29 is 22.4 Å². The van der Waals surface area contributed by atoms with Gasteiger partial charge in [0, 0.05) is 13.1 Å². The molecule has 3 rings (SSSR count). The first-order chi connectivity index (χ1) is 15.9. The van der Waals surface area contributed by atoms with E-state index in [1.165, 1.54) is 23.5 Å². The number of sulfonamides is 1. The van der Waals surface area contributed by atoms with Gasteiger partial charge in [-0.1, -0.05) is 37.3 Å². The summed E-state index contributed by atoms with van der Waals surface area (Å²) < 4.78 is 38.3. The monoisotopic (exact) mass is 470 g/mol.